The third-order valence-corrected chi connectivity index (χ3v) is 5.23. The highest BCUT2D eigenvalue weighted by molar-refractivity contribution is 7.99. The third kappa shape index (κ3) is 3.65. The Bertz CT molecular complexity index is 1030. The van der Waals surface area contributed by atoms with Crippen LogP contribution in [0.15, 0.2) is 94.7 Å². The Hall–Kier alpha value is -2.98. The van der Waals surface area contributed by atoms with Crippen LogP contribution in [0, 0.1) is 0 Å². The number of fused-ring (bicyclic) bond motifs is 1. The fourth-order valence-electron chi connectivity index (χ4n) is 2.88. The highest BCUT2D eigenvalue weighted by Crippen LogP contribution is 2.39. The minimum absolute atomic E-state index is 0.0299. The van der Waals surface area contributed by atoms with Crippen LogP contribution in [-0.2, 0) is 11.2 Å². The number of anilines is 1. The summed E-state index contributed by atoms with van der Waals surface area (Å²) < 4.78 is 0. The van der Waals surface area contributed by atoms with Crippen molar-refractivity contribution >= 4 is 34.4 Å². The Balaban J connectivity index is 1.63. The summed E-state index contributed by atoms with van der Waals surface area (Å²) in [4.78, 5) is 18.0. The van der Waals surface area contributed by atoms with E-state index in [-0.39, 0.29) is 5.91 Å². The van der Waals surface area contributed by atoms with Crippen molar-refractivity contribution < 1.29 is 4.79 Å². The number of carbonyl (C=O) groups excluding carboxylic acids is 1. The van der Waals surface area contributed by atoms with Gasteiger partial charge in [0, 0.05) is 15.8 Å². The van der Waals surface area contributed by atoms with Crippen LogP contribution < -0.4 is 5.32 Å². The predicted molar refractivity (Wildman–Crippen MR) is 108 cm³/mol. The Kier molecular flexibility index (Phi) is 4.75. The molecule has 0 aliphatic rings. The van der Waals surface area contributed by atoms with E-state index in [2.05, 4.69) is 28.5 Å². The van der Waals surface area contributed by atoms with E-state index in [9.17, 15) is 4.79 Å². The molecule has 0 bridgehead atoms. The van der Waals surface area contributed by atoms with Gasteiger partial charge < -0.3 is 10.3 Å². The first-order chi connectivity index (χ1) is 12.8. The van der Waals surface area contributed by atoms with E-state index in [1.807, 2.05) is 66.7 Å². The van der Waals surface area contributed by atoms with E-state index in [1.165, 1.54) is 0 Å². The zero-order valence-corrected chi connectivity index (χ0v) is 14.9. The topological polar surface area (TPSA) is 44.9 Å². The van der Waals surface area contributed by atoms with Gasteiger partial charge in [0.05, 0.1) is 11.3 Å². The first-order valence-electron chi connectivity index (χ1n) is 8.47. The van der Waals surface area contributed by atoms with Crippen molar-refractivity contribution in [2.24, 2.45) is 0 Å². The number of para-hydroxylation sites is 1. The van der Waals surface area contributed by atoms with E-state index in [0.717, 1.165) is 32.1 Å². The maximum absolute atomic E-state index is 12.5. The van der Waals surface area contributed by atoms with Gasteiger partial charge in [-0.15, -0.1) is 0 Å². The number of hydrogen-bond acceptors (Lipinski definition) is 2. The minimum atomic E-state index is -0.0299. The first-order valence-corrected chi connectivity index (χ1v) is 9.28. The highest BCUT2D eigenvalue weighted by Gasteiger charge is 2.15. The van der Waals surface area contributed by atoms with Gasteiger partial charge in [0.1, 0.15) is 5.82 Å². The molecule has 1 amide bonds. The molecule has 3 aromatic carbocycles. The van der Waals surface area contributed by atoms with Crippen LogP contribution >= 0.6 is 11.8 Å². The zero-order valence-electron chi connectivity index (χ0n) is 14.1. The van der Waals surface area contributed by atoms with Gasteiger partial charge in [-0.1, -0.05) is 78.5 Å². The third-order valence-electron chi connectivity index (χ3n) is 4.09. The van der Waals surface area contributed by atoms with Gasteiger partial charge in [0.2, 0.25) is 5.91 Å². The standard InChI is InChI=1S/C22H18N2OS/c25-20(15-16-9-3-1-4-10-16)24-22-21(26-17-11-5-2-6-12-17)18-13-7-8-14-19(18)23-22/h1-14,23H,15H2,(H,24,25). The molecule has 0 unspecified atom stereocenters. The Morgan fingerprint density at radius 2 is 1.50 bits per heavy atom. The lowest BCUT2D eigenvalue weighted by Crippen LogP contribution is -2.15. The molecule has 0 saturated heterocycles. The predicted octanol–water partition coefficient (Wildman–Crippen LogP) is 5.50. The van der Waals surface area contributed by atoms with E-state index in [0.29, 0.717) is 6.42 Å². The average Bonchev–Trinajstić information content (AvgIpc) is 3.00. The molecule has 0 fully saturated rings. The molecule has 0 radical (unpaired) electrons. The SMILES string of the molecule is O=C(Cc1ccccc1)Nc1[nH]c2ccccc2c1Sc1ccccc1. The summed E-state index contributed by atoms with van der Waals surface area (Å²) in [6, 6.07) is 28.1. The van der Waals surface area contributed by atoms with Crippen LogP contribution in [0.5, 0.6) is 0 Å². The number of aromatic amines is 1. The molecular formula is C22H18N2OS. The fraction of sp³-hybridized carbons (Fsp3) is 0.0455. The molecule has 4 heteroatoms. The fourth-order valence-corrected chi connectivity index (χ4v) is 3.90. The number of nitrogens with one attached hydrogen (secondary N) is 2. The monoisotopic (exact) mass is 358 g/mol. The van der Waals surface area contributed by atoms with Crippen molar-refractivity contribution in [3.8, 4) is 0 Å². The van der Waals surface area contributed by atoms with Gasteiger partial charge in [0.25, 0.3) is 0 Å². The number of hydrogen-bond donors (Lipinski definition) is 2. The lowest BCUT2D eigenvalue weighted by Gasteiger charge is -2.07. The molecule has 1 heterocycles. The number of H-pyrrole nitrogens is 1. The summed E-state index contributed by atoms with van der Waals surface area (Å²) in [5.74, 6) is 0.721. The summed E-state index contributed by atoms with van der Waals surface area (Å²) in [6.45, 7) is 0. The largest absolute Gasteiger partial charge is 0.340 e. The van der Waals surface area contributed by atoms with Crippen LogP contribution in [0.1, 0.15) is 5.56 Å². The molecule has 0 atom stereocenters. The zero-order chi connectivity index (χ0) is 17.8. The van der Waals surface area contributed by atoms with Crippen molar-refractivity contribution in [2.75, 3.05) is 5.32 Å². The van der Waals surface area contributed by atoms with Gasteiger partial charge >= 0.3 is 0 Å². The molecule has 4 rings (SSSR count). The number of benzene rings is 3. The van der Waals surface area contributed by atoms with E-state index >= 15 is 0 Å². The van der Waals surface area contributed by atoms with E-state index in [4.69, 9.17) is 0 Å². The average molecular weight is 358 g/mol. The molecule has 128 valence electrons. The van der Waals surface area contributed by atoms with Gasteiger partial charge in [0.15, 0.2) is 0 Å². The molecule has 0 saturated carbocycles. The molecule has 1 aromatic heterocycles. The van der Waals surface area contributed by atoms with Crippen molar-refractivity contribution in [3.63, 3.8) is 0 Å². The van der Waals surface area contributed by atoms with Gasteiger partial charge in [-0.25, -0.2) is 0 Å². The number of rotatable bonds is 5. The Labute approximate surface area is 156 Å². The molecule has 0 spiro atoms. The second kappa shape index (κ2) is 7.50. The maximum atomic E-state index is 12.5. The van der Waals surface area contributed by atoms with Gasteiger partial charge in [-0.05, 0) is 23.8 Å². The lowest BCUT2D eigenvalue weighted by molar-refractivity contribution is -0.115. The quantitative estimate of drug-likeness (QED) is 0.495. The Morgan fingerprint density at radius 3 is 2.27 bits per heavy atom. The molecule has 2 N–H and O–H groups in total. The van der Waals surface area contributed by atoms with E-state index in [1.54, 1.807) is 11.8 Å². The molecule has 3 nitrogen and oxygen atoms in total. The molecule has 4 aromatic rings. The minimum Gasteiger partial charge on any atom is -0.340 e. The number of aromatic nitrogens is 1. The molecule has 26 heavy (non-hydrogen) atoms. The lowest BCUT2D eigenvalue weighted by atomic mass is 10.1. The smallest absolute Gasteiger partial charge is 0.229 e. The van der Waals surface area contributed by atoms with Crippen molar-refractivity contribution in [1.29, 1.82) is 0 Å². The highest BCUT2D eigenvalue weighted by atomic mass is 32.2. The summed E-state index contributed by atoms with van der Waals surface area (Å²) >= 11 is 1.65. The van der Waals surface area contributed by atoms with Crippen LogP contribution in [0.2, 0.25) is 0 Å². The molecule has 0 aliphatic carbocycles. The normalized spacial score (nSPS) is 10.8. The molecular weight excluding hydrogens is 340 g/mol. The van der Waals surface area contributed by atoms with Crippen molar-refractivity contribution in [1.82, 2.24) is 4.98 Å². The van der Waals surface area contributed by atoms with Crippen LogP contribution in [0.3, 0.4) is 0 Å². The number of carbonyl (C=O) groups is 1. The van der Waals surface area contributed by atoms with Crippen LogP contribution in [0.25, 0.3) is 10.9 Å². The summed E-state index contributed by atoms with van der Waals surface area (Å²) in [7, 11) is 0. The maximum Gasteiger partial charge on any atom is 0.229 e. The van der Waals surface area contributed by atoms with Gasteiger partial charge in [-0.2, -0.15) is 0 Å². The second-order valence-electron chi connectivity index (χ2n) is 6.00. The van der Waals surface area contributed by atoms with Crippen LogP contribution in [0.4, 0.5) is 5.82 Å². The molecule has 0 aliphatic heterocycles. The van der Waals surface area contributed by atoms with Crippen molar-refractivity contribution in [2.45, 2.75) is 16.2 Å². The van der Waals surface area contributed by atoms with E-state index < -0.39 is 0 Å². The summed E-state index contributed by atoms with van der Waals surface area (Å²) in [5.41, 5.74) is 2.01. The number of amides is 1. The van der Waals surface area contributed by atoms with Crippen LogP contribution in [-0.4, -0.2) is 10.9 Å². The second-order valence-corrected chi connectivity index (χ2v) is 7.08. The first kappa shape index (κ1) is 16.5. The van der Waals surface area contributed by atoms with Crippen molar-refractivity contribution in [3.05, 3.63) is 90.5 Å². The Morgan fingerprint density at radius 1 is 0.846 bits per heavy atom. The summed E-state index contributed by atoms with van der Waals surface area (Å²) in [6.07, 6.45) is 0.353. The van der Waals surface area contributed by atoms with Gasteiger partial charge in [-0.3, -0.25) is 4.79 Å². The summed E-state index contributed by atoms with van der Waals surface area (Å²) in [5, 5.41) is 4.16.